The van der Waals surface area contributed by atoms with Crippen LogP contribution in [-0.2, 0) is 10.0 Å². The van der Waals surface area contributed by atoms with Crippen LogP contribution in [0.1, 0.15) is 28.7 Å². The van der Waals surface area contributed by atoms with Crippen molar-refractivity contribution < 1.29 is 28.1 Å². The summed E-state index contributed by atoms with van der Waals surface area (Å²) in [5.41, 5.74) is 2.61. The number of nitrogens with one attached hydrogen (secondary N) is 2. The van der Waals surface area contributed by atoms with Crippen LogP contribution in [0, 0.1) is 0 Å². The van der Waals surface area contributed by atoms with Gasteiger partial charge in [0.1, 0.15) is 5.75 Å². The van der Waals surface area contributed by atoms with E-state index in [0.717, 1.165) is 17.4 Å². The topological polar surface area (TPSA) is 117 Å². The van der Waals surface area contributed by atoms with Crippen molar-refractivity contribution in [1.82, 2.24) is 5.32 Å². The van der Waals surface area contributed by atoms with Gasteiger partial charge >= 0.3 is 0 Å². The smallest absolute Gasteiger partial charge is 0.229 e. The maximum Gasteiger partial charge on any atom is 0.229 e. The highest BCUT2D eigenvalue weighted by molar-refractivity contribution is 7.92. The maximum atomic E-state index is 11.5. The third-order valence-corrected chi connectivity index (χ3v) is 5.99. The van der Waals surface area contributed by atoms with Crippen LogP contribution >= 0.6 is 0 Å². The average Bonchev–Trinajstić information content (AvgIpc) is 2.82. The number of aliphatic hydroxyl groups excluding tert-OH is 1. The van der Waals surface area contributed by atoms with Gasteiger partial charge in [-0.15, -0.1) is 0 Å². The molecule has 0 radical (unpaired) electrons. The Kier molecular flexibility index (Phi) is 8.38. The Balaban J connectivity index is 1.76. The molecule has 3 aromatic carbocycles. The molecule has 0 amide bonds. The number of methoxy groups -OCH3 is 2. The number of aliphatic hydroxyl groups is 1. The van der Waals surface area contributed by atoms with E-state index >= 15 is 0 Å². The number of phenolic OH excluding ortho intramolecular Hbond substituents is 1. The van der Waals surface area contributed by atoms with Gasteiger partial charge < -0.3 is 25.0 Å². The molecule has 0 heterocycles. The summed E-state index contributed by atoms with van der Waals surface area (Å²) in [6.07, 6.45) is 0.0807. The zero-order valence-electron chi connectivity index (χ0n) is 19.4. The van der Waals surface area contributed by atoms with E-state index in [1.165, 1.54) is 12.1 Å². The van der Waals surface area contributed by atoms with Crippen molar-refractivity contribution in [2.24, 2.45) is 0 Å². The van der Waals surface area contributed by atoms with Crippen LogP contribution in [0.3, 0.4) is 0 Å². The van der Waals surface area contributed by atoms with Crippen molar-refractivity contribution in [1.29, 1.82) is 0 Å². The lowest BCUT2D eigenvalue weighted by molar-refractivity contribution is 0.174. The van der Waals surface area contributed by atoms with Crippen LogP contribution < -0.4 is 19.5 Å². The molecule has 0 aliphatic heterocycles. The van der Waals surface area contributed by atoms with Gasteiger partial charge in [-0.25, -0.2) is 8.42 Å². The standard InChI is InChI=1S/C25H30N2O6S/c1-32-24-12-10-18(14-25(24)33-2)20(17-7-5-4-6-8-17)15-26-16-23(29)19-9-11-22(28)21(13-19)27-34(3,30)31/h4-14,20,23,26-29H,15-16H2,1-3H3/t20?,23-/m0/s1. The van der Waals surface area contributed by atoms with Gasteiger partial charge in [0, 0.05) is 19.0 Å². The summed E-state index contributed by atoms with van der Waals surface area (Å²) in [4.78, 5) is 0. The number of ether oxygens (including phenoxy) is 2. The minimum absolute atomic E-state index is 0.0181. The first kappa shape index (κ1) is 25.4. The van der Waals surface area contributed by atoms with E-state index in [1.807, 2.05) is 48.5 Å². The Morgan fingerprint density at radius 1 is 0.853 bits per heavy atom. The summed E-state index contributed by atoms with van der Waals surface area (Å²) in [5.74, 6) is 1.05. The molecule has 0 fully saturated rings. The molecule has 0 aliphatic rings. The van der Waals surface area contributed by atoms with Crippen molar-refractivity contribution in [2.75, 3.05) is 38.3 Å². The zero-order valence-corrected chi connectivity index (χ0v) is 20.2. The number of aromatic hydroxyl groups is 1. The number of phenols is 1. The Hall–Kier alpha value is -3.27. The van der Waals surface area contributed by atoms with Crippen molar-refractivity contribution in [3.8, 4) is 17.2 Å². The fraction of sp³-hybridized carbons (Fsp3) is 0.280. The number of hydrogen-bond donors (Lipinski definition) is 4. The molecule has 182 valence electrons. The summed E-state index contributed by atoms with van der Waals surface area (Å²) >= 11 is 0. The molecule has 0 bridgehead atoms. The van der Waals surface area contributed by atoms with Crippen LogP contribution in [0.4, 0.5) is 5.69 Å². The van der Waals surface area contributed by atoms with E-state index in [-0.39, 0.29) is 23.9 Å². The van der Waals surface area contributed by atoms with Crippen LogP contribution in [0.2, 0.25) is 0 Å². The molecule has 0 aromatic heterocycles. The van der Waals surface area contributed by atoms with Crippen molar-refractivity contribution in [3.63, 3.8) is 0 Å². The molecule has 9 heteroatoms. The lowest BCUT2D eigenvalue weighted by Gasteiger charge is -2.21. The SMILES string of the molecule is COc1ccc(C(CNC[C@H](O)c2ccc(O)c(NS(C)(=O)=O)c2)c2ccccc2)cc1OC. The van der Waals surface area contributed by atoms with E-state index in [1.54, 1.807) is 20.3 Å². The molecule has 2 atom stereocenters. The Morgan fingerprint density at radius 2 is 1.53 bits per heavy atom. The number of hydrogen-bond acceptors (Lipinski definition) is 7. The van der Waals surface area contributed by atoms with Crippen LogP contribution in [0.15, 0.2) is 66.7 Å². The van der Waals surface area contributed by atoms with Gasteiger partial charge in [-0.1, -0.05) is 42.5 Å². The molecule has 0 spiro atoms. The van der Waals surface area contributed by atoms with Crippen LogP contribution in [0.5, 0.6) is 17.2 Å². The summed E-state index contributed by atoms with van der Waals surface area (Å²) in [5, 5.41) is 23.9. The summed E-state index contributed by atoms with van der Waals surface area (Å²) in [7, 11) is -0.381. The van der Waals surface area contributed by atoms with Gasteiger partial charge in [0.15, 0.2) is 11.5 Å². The second-order valence-electron chi connectivity index (χ2n) is 7.90. The van der Waals surface area contributed by atoms with E-state index in [4.69, 9.17) is 9.47 Å². The summed E-state index contributed by atoms with van der Waals surface area (Å²) in [6, 6.07) is 20.1. The molecule has 3 aromatic rings. The predicted octanol–water partition coefficient (Wildman–Crippen LogP) is 3.24. The molecular weight excluding hydrogens is 456 g/mol. The fourth-order valence-corrected chi connectivity index (χ4v) is 4.27. The second-order valence-corrected chi connectivity index (χ2v) is 9.65. The molecule has 3 rings (SSSR count). The minimum atomic E-state index is -3.57. The minimum Gasteiger partial charge on any atom is -0.506 e. The number of sulfonamides is 1. The average molecular weight is 487 g/mol. The van der Waals surface area contributed by atoms with Crippen molar-refractivity contribution in [3.05, 3.63) is 83.4 Å². The lowest BCUT2D eigenvalue weighted by Crippen LogP contribution is -2.27. The molecule has 0 aliphatic carbocycles. The normalized spacial score (nSPS) is 13.2. The van der Waals surface area contributed by atoms with E-state index in [9.17, 15) is 18.6 Å². The van der Waals surface area contributed by atoms with Crippen LogP contribution in [0.25, 0.3) is 0 Å². The maximum absolute atomic E-state index is 11.5. The molecule has 0 saturated carbocycles. The highest BCUT2D eigenvalue weighted by Gasteiger charge is 2.18. The summed E-state index contributed by atoms with van der Waals surface area (Å²) < 4.78 is 36.1. The first-order valence-electron chi connectivity index (χ1n) is 10.7. The third kappa shape index (κ3) is 6.63. The second kappa shape index (κ2) is 11.2. The zero-order chi connectivity index (χ0) is 24.7. The monoisotopic (exact) mass is 486 g/mol. The number of rotatable bonds is 11. The molecular formula is C25H30N2O6S. The summed E-state index contributed by atoms with van der Waals surface area (Å²) in [6.45, 7) is 0.753. The van der Waals surface area contributed by atoms with Crippen molar-refractivity contribution >= 4 is 15.7 Å². The van der Waals surface area contributed by atoms with Gasteiger partial charge in [-0.2, -0.15) is 0 Å². The first-order chi connectivity index (χ1) is 16.2. The Labute approximate surface area is 200 Å². The predicted molar refractivity (Wildman–Crippen MR) is 132 cm³/mol. The van der Waals surface area contributed by atoms with E-state index in [0.29, 0.717) is 23.6 Å². The molecule has 8 nitrogen and oxygen atoms in total. The fourth-order valence-electron chi connectivity index (χ4n) is 3.71. The van der Waals surface area contributed by atoms with E-state index in [2.05, 4.69) is 10.0 Å². The Bertz CT molecular complexity index is 1200. The molecule has 0 saturated heterocycles. The van der Waals surface area contributed by atoms with Gasteiger partial charge in [0.25, 0.3) is 0 Å². The first-order valence-corrected chi connectivity index (χ1v) is 12.6. The molecule has 34 heavy (non-hydrogen) atoms. The highest BCUT2D eigenvalue weighted by atomic mass is 32.2. The van der Waals surface area contributed by atoms with E-state index < -0.39 is 16.1 Å². The van der Waals surface area contributed by atoms with Gasteiger partial charge in [-0.05, 0) is 41.0 Å². The lowest BCUT2D eigenvalue weighted by atomic mass is 9.91. The number of anilines is 1. The Morgan fingerprint density at radius 3 is 2.18 bits per heavy atom. The quantitative estimate of drug-likeness (QED) is 0.308. The van der Waals surface area contributed by atoms with Gasteiger partial charge in [0.2, 0.25) is 10.0 Å². The van der Waals surface area contributed by atoms with Gasteiger partial charge in [0.05, 0.1) is 32.3 Å². The molecule has 1 unspecified atom stereocenters. The highest BCUT2D eigenvalue weighted by Crippen LogP contribution is 2.33. The molecule has 4 N–H and O–H groups in total. The largest absolute Gasteiger partial charge is 0.506 e. The number of benzene rings is 3. The van der Waals surface area contributed by atoms with Crippen LogP contribution in [-0.4, -0.2) is 52.2 Å². The van der Waals surface area contributed by atoms with Crippen molar-refractivity contribution in [2.45, 2.75) is 12.0 Å². The van der Waals surface area contributed by atoms with Gasteiger partial charge in [-0.3, -0.25) is 4.72 Å². The third-order valence-electron chi connectivity index (χ3n) is 5.40.